The highest BCUT2D eigenvalue weighted by Gasteiger charge is 2.12. The highest BCUT2D eigenvalue weighted by molar-refractivity contribution is 7.12. The maximum absolute atomic E-state index is 12.4. The molecule has 26 heavy (non-hydrogen) atoms. The van der Waals surface area contributed by atoms with Gasteiger partial charge in [-0.2, -0.15) is 5.10 Å². The number of carbonyl (C=O) groups excluding carboxylic acids is 1. The Morgan fingerprint density at radius 3 is 2.85 bits per heavy atom. The van der Waals surface area contributed by atoms with Gasteiger partial charge in [0.1, 0.15) is 5.75 Å². The largest absolute Gasteiger partial charge is 0.493 e. The molecule has 1 aromatic carbocycles. The zero-order valence-electron chi connectivity index (χ0n) is 15.2. The van der Waals surface area contributed by atoms with Gasteiger partial charge in [-0.15, -0.1) is 11.3 Å². The van der Waals surface area contributed by atoms with Gasteiger partial charge in [0.05, 0.1) is 23.6 Å². The molecule has 0 spiro atoms. The molecule has 0 aliphatic carbocycles. The van der Waals surface area contributed by atoms with Gasteiger partial charge in [0, 0.05) is 24.0 Å². The number of nitrogens with one attached hydrogen (secondary N) is 1. The minimum absolute atomic E-state index is 0.136. The highest BCUT2D eigenvalue weighted by atomic mass is 32.1. The van der Waals surface area contributed by atoms with Crippen molar-refractivity contribution in [1.29, 1.82) is 0 Å². The average Bonchev–Trinajstić information content (AvgIpc) is 3.21. The van der Waals surface area contributed by atoms with Crippen LogP contribution in [0.3, 0.4) is 0 Å². The zero-order valence-corrected chi connectivity index (χ0v) is 16.0. The Kier molecular flexibility index (Phi) is 5.68. The number of hydrogen-bond acceptors (Lipinski definition) is 5. The van der Waals surface area contributed by atoms with Crippen LogP contribution in [0.2, 0.25) is 0 Å². The first-order valence-corrected chi connectivity index (χ1v) is 9.44. The van der Waals surface area contributed by atoms with Crippen LogP contribution in [0.15, 0.2) is 35.7 Å². The van der Waals surface area contributed by atoms with Crippen molar-refractivity contribution in [2.24, 2.45) is 0 Å². The molecule has 1 amide bonds. The molecule has 0 saturated heterocycles. The van der Waals surface area contributed by atoms with Crippen molar-refractivity contribution in [3.63, 3.8) is 0 Å². The molecule has 0 unspecified atom stereocenters. The van der Waals surface area contributed by atoms with Gasteiger partial charge in [0.25, 0.3) is 5.91 Å². The molecule has 1 N–H and O–H groups in total. The van der Waals surface area contributed by atoms with Gasteiger partial charge in [0.2, 0.25) is 5.13 Å². The van der Waals surface area contributed by atoms with Crippen LogP contribution < -0.4 is 10.1 Å². The van der Waals surface area contributed by atoms with Gasteiger partial charge < -0.3 is 10.1 Å². The maximum atomic E-state index is 12.4. The van der Waals surface area contributed by atoms with Crippen LogP contribution in [0.1, 0.15) is 34.4 Å². The van der Waals surface area contributed by atoms with Crippen molar-refractivity contribution in [2.45, 2.75) is 27.2 Å². The van der Waals surface area contributed by atoms with E-state index in [1.807, 2.05) is 49.0 Å². The van der Waals surface area contributed by atoms with Crippen molar-refractivity contribution in [3.8, 4) is 10.9 Å². The number of thiazole rings is 1. The standard InChI is InChI=1S/C19H22N4O2S/c1-4-25-17-8-6-5-7-16(17)18(24)20-10-9-15-12-26-19(21-15)23-14(3)11-13(2)22-23/h5-8,11-12H,4,9-10H2,1-3H3,(H,20,24). The second kappa shape index (κ2) is 8.14. The summed E-state index contributed by atoms with van der Waals surface area (Å²) in [5.41, 5.74) is 3.52. The number of rotatable bonds is 7. The average molecular weight is 370 g/mol. The summed E-state index contributed by atoms with van der Waals surface area (Å²) in [5, 5.41) is 10.2. The van der Waals surface area contributed by atoms with Crippen LogP contribution in [0.5, 0.6) is 5.75 Å². The lowest BCUT2D eigenvalue weighted by Gasteiger charge is -2.10. The molecule has 0 saturated carbocycles. The number of benzene rings is 1. The number of para-hydroxylation sites is 1. The minimum atomic E-state index is -0.136. The van der Waals surface area contributed by atoms with Gasteiger partial charge in [-0.1, -0.05) is 12.1 Å². The Hall–Kier alpha value is -2.67. The fourth-order valence-electron chi connectivity index (χ4n) is 2.67. The van der Waals surface area contributed by atoms with Crippen LogP contribution in [0.25, 0.3) is 5.13 Å². The van der Waals surface area contributed by atoms with Gasteiger partial charge in [-0.05, 0) is 39.0 Å². The van der Waals surface area contributed by atoms with Gasteiger partial charge in [-0.25, -0.2) is 9.67 Å². The molecule has 2 aromatic heterocycles. The van der Waals surface area contributed by atoms with E-state index in [2.05, 4.69) is 15.4 Å². The molecule has 3 rings (SSSR count). The van der Waals surface area contributed by atoms with Crippen molar-refractivity contribution in [3.05, 3.63) is 58.4 Å². The summed E-state index contributed by atoms with van der Waals surface area (Å²) < 4.78 is 7.35. The smallest absolute Gasteiger partial charge is 0.255 e. The third-order valence-corrected chi connectivity index (χ3v) is 4.69. The zero-order chi connectivity index (χ0) is 18.5. The maximum Gasteiger partial charge on any atom is 0.255 e. The lowest BCUT2D eigenvalue weighted by Crippen LogP contribution is -2.26. The highest BCUT2D eigenvalue weighted by Crippen LogP contribution is 2.19. The van der Waals surface area contributed by atoms with Crippen molar-refractivity contribution in [1.82, 2.24) is 20.1 Å². The van der Waals surface area contributed by atoms with Crippen molar-refractivity contribution < 1.29 is 9.53 Å². The molecular weight excluding hydrogens is 348 g/mol. The Balaban J connectivity index is 1.59. The number of nitrogens with zero attached hydrogens (tertiary/aromatic N) is 3. The van der Waals surface area contributed by atoms with Crippen LogP contribution in [0, 0.1) is 13.8 Å². The molecule has 0 radical (unpaired) electrons. The summed E-state index contributed by atoms with van der Waals surface area (Å²) in [6, 6.07) is 9.29. The molecule has 6 nitrogen and oxygen atoms in total. The summed E-state index contributed by atoms with van der Waals surface area (Å²) in [6.45, 7) is 6.92. The van der Waals surface area contributed by atoms with Gasteiger partial charge in [-0.3, -0.25) is 4.79 Å². The predicted octanol–water partition coefficient (Wildman–Crippen LogP) is 3.32. The van der Waals surface area contributed by atoms with Crippen molar-refractivity contribution >= 4 is 17.2 Å². The van der Waals surface area contributed by atoms with E-state index in [-0.39, 0.29) is 5.91 Å². The normalized spacial score (nSPS) is 10.7. The third-order valence-electron chi connectivity index (χ3n) is 3.83. The van der Waals surface area contributed by atoms with Gasteiger partial charge >= 0.3 is 0 Å². The topological polar surface area (TPSA) is 69.0 Å². The van der Waals surface area contributed by atoms with E-state index in [1.165, 1.54) is 0 Å². The quantitative estimate of drug-likeness (QED) is 0.693. The Morgan fingerprint density at radius 2 is 2.12 bits per heavy atom. The fourth-order valence-corrected chi connectivity index (χ4v) is 3.53. The Labute approximate surface area is 156 Å². The molecule has 7 heteroatoms. The third kappa shape index (κ3) is 4.11. The van der Waals surface area contributed by atoms with E-state index in [4.69, 9.17) is 4.74 Å². The van der Waals surface area contributed by atoms with Crippen LogP contribution >= 0.6 is 11.3 Å². The number of aryl methyl sites for hydroxylation is 2. The Bertz CT molecular complexity index is 901. The van der Waals surface area contributed by atoms with Crippen LogP contribution in [-0.2, 0) is 6.42 Å². The summed E-state index contributed by atoms with van der Waals surface area (Å²) >= 11 is 1.55. The van der Waals surface area contributed by atoms with Crippen LogP contribution in [-0.4, -0.2) is 33.8 Å². The molecule has 2 heterocycles. The fraction of sp³-hybridized carbons (Fsp3) is 0.316. The molecule has 3 aromatic rings. The van der Waals surface area contributed by atoms with Crippen LogP contribution in [0.4, 0.5) is 0 Å². The number of aromatic nitrogens is 3. The second-order valence-electron chi connectivity index (χ2n) is 5.90. The summed E-state index contributed by atoms with van der Waals surface area (Å²) in [4.78, 5) is 17.0. The first kappa shape index (κ1) is 18.1. The summed E-state index contributed by atoms with van der Waals surface area (Å²) in [5.74, 6) is 0.469. The van der Waals surface area contributed by atoms with E-state index in [9.17, 15) is 4.79 Å². The number of carbonyl (C=O) groups is 1. The molecular formula is C19H22N4O2S. The molecule has 0 aliphatic rings. The minimum Gasteiger partial charge on any atom is -0.493 e. The number of ether oxygens (including phenoxy) is 1. The SMILES string of the molecule is CCOc1ccccc1C(=O)NCCc1csc(-n2nc(C)cc2C)n1. The molecule has 0 bridgehead atoms. The summed E-state index contributed by atoms with van der Waals surface area (Å²) in [7, 11) is 0. The van der Waals surface area contributed by atoms with E-state index in [1.54, 1.807) is 23.5 Å². The number of hydrogen-bond donors (Lipinski definition) is 1. The number of amides is 1. The predicted molar refractivity (Wildman–Crippen MR) is 102 cm³/mol. The van der Waals surface area contributed by atoms with Crippen molar-refractivity contribution in [2.75, 3.05) is 13.2 Å². The summed E-state index contributed by atoms with van der Waals surface area (Å²) in [6.07, 6.45) is 0.665. The molecule has 0 atom stereocenters. The van der Waals surface area contributed by atoms with E-state index < -0.39 is 0 Å². The molecule has 0 aliphatic heterocycles. The molecule has 0 fully saturated rings. The van der Waals surface area contributed by atoms with E-state index in [0.717, 1.165) is 22.2 Å². The first-order chi connectivity index (χ1) is 12.6. The lowest BCUT2D eigenvalue weighted by molar-refractivity contribution is 0.0950. The second-order valence-corrected chi connectivity index (χ2v) is 6.73. The first-order valence-electron chi connectivity index (χ1n) is 8.56. The van der Waals surface area contributed by atoms with E-state index >= 15 is 0 Å². The van der Waals surface area contributed by atoms with Gasteiger partial charge in [0.15, 0.2) is 0 Å². The Morgan fingerprint density at radius 1 is 1.31 bits per heavy atom. The van der Waals surface area contributed by atoms with E-state index in [0.29, 0.717) is 30.9 Å². The monoisotopic (exact) mass is 370 g/mol. The lowest BCUT2D eigenvalue weighted by atomic mass is 10.2. The molecule has 136 valence electrons.